The summed E-state index contributed by atoms with van der Waals surface area (Å²) in [5.74, 6) is -0.718. The fourth-order valence-corrected chi connectivity index (χ4v) is 5.77. The molecule has 9 heteroatoms. The molecule has 0 saturated heterocycles. The van der Waals surface area contributed by atoms with E-state index in [0.717, 1.165) is 22.9 Å². The van der Waals surface area contributed by atoms with Gasteiger partial charge in [0.25, 0.3) is 0 Å². The summed E-state index contributed by atoms with van der Waals surface area (Å²) < 4.78 is 40.5. The Morgan fingerprint density at radius 2 is 1.57 bits per heavy atom. The van der Waals surface area contributed by atoms with Crippen molar-refractivity contribution >= 4 is 27.5 Å². The lowest BCUT2D eigenvalue weighted by atomic mass is 10.0. The second kappa shape index (κ2) is 15.0. The SMILES string of the molecule is Cc1cccc(N(CCCC(=O)N(Cc2ccc(F)cc2)[C@H](Cc2ccccc2)C(=O)NCC(C)C)S(C)(=O)=O)c1C. The molecule has 0 aliphatic rings. The summed E-state index contributed by atoms with van der Waals surface area (Å²) in [6, 6.07) is 20.1. The van der Waals surface area contributed by atoms with Crippen LogP contribution >= 0.6 is 0 Å². The first kappa shape index (κ1) is 32.8. The number of sulfonamides is 1. The lowest BCUT2D eigenvalue weighted by molar-refractivity contribution is -0.141. The van der Waals surface area contributed by atoms with Gasteiger partial charge in [-0.05, 0) is 66.6 Å². The van der Waals surface area contributed by atoms with E-state index in [1.54, 1.807) is 23.1 Å². The van der Waals surface area contributed by atoms with Crippen LogP contribution in [0.4, 0.5) is 10.1 Å². The molecule has 226 valence electrons. The number of rotatable bonds is 14. The molecule has 3 rings (SSSR count). The van der Waals surface area contributed by atoms with E-state index in [-0.39, 0.29) is 49.5 Å². The van der Waals surface area contributed by atoms with Crippen LogP contribution in [0.2, 0.25) is 0 Å². The Balaban J connectivity index is 1.89. The Morgan fingerprint density at radius 3 is 2.19 bits per heavy atom. The Hall–Kier alpha value is -3.72. The van der Waals surface area contributed by atoms with E-state index in [0.29, 0.717) is 24.2 Å². The Kier molecular flexibility index (Phi) is 11.7. The molecule has 0 fully saturated rings. The number of hydrogen-bond donors (Lipinski definition) is 1. The molecule has 3 aromatic carbocycles. The first-order chi connectivity index (χ1) is 19.9. The van der Waals surface area contributed by atoms with E-state index in [1.807, 2.05) is 70.2 Å². The van der Waals surface area contributed by atoms with Gasteiger partial charge in [-0.25, -0.2) is 12.8 Å². The highest BCUT2D eigenvalue weighted by molar-refractivity contribution is 7.92. The Morgan fingerprint density at radius 1 is 0.905 bits per heavy atom. The van der Waals surface area contributed by atoms with Crippen LogP contribution in [0.25, 0.3) is 0 Å². The summed E-state index contributed by atoms with van der Waals surface area (Å²) >= 11 is 0. The maximum Gasteiger partial charge on any atom is 0.243 e. The summed E-state index contributed by atoms with van der Waals surface area (Å²) in [6.45, 7) is 8.48. The van der Waals surface area contributed by atoms with Gasteiger partial charge in [0.15, 0.2) is 0 Å². The van der Waals surface area contributed by atoms with E-state index in [9.17, 15) is 22.4 Å². The van der Waals surface area contributed by atoms with Crippen molar-refractivity contribution in [2.24, 2.45) is 5.92 Å². The average Bonchev–Trinajstić information content (AvgIpc) is 2.94. The van der Waals surface area contributed by atoms with E-state index in [4.69, 9.17) is 0 Å². The molecule has 7 nitrogen and oxygen atoms in total. The molecule has 0 aliphatic heterocycles. The summed E-state index contributed by atoms with van der Waals surface area (Å²) in [6.07, 6.45) is 1.74. The lowest BCUT2D eigenvalue weighted by Gasteiger charge is -2.32. The van der Waals surface area contributed by atoms with Crippen LogP contribution in [0.1, 0.15) is 48.9 Å². The summed E-state index contributed by atoms with van der Waals surface area (Å²) in [5, 5.41) is 2.98. The van der Waals surface area contributed by atoms with Gasteiger partial charge in [-0.15, -0.1) is 0 Å². The zero-order valence-corrected chi connectivity index (χ0v) is 26.0. The first-order valence-corrected chi connectivity index (χ1v) is 16.1. The van der Waals surface area contributed by atoms with Crippen LogP contribution < -0.4 is 9.62 Å². The predicted molar refractivity (Wildman–Crippen MR) is 166 cm³/mol. The van der Waals surface area contributed by atoms with Gasteiger partial charge >= 0.3 is 0 Å². The second-order valence-electron chi connectivity index (χ2n) is 11.2. The molecule has 0 radical (unpaired) electrons. The molecule has 0 spiro atoms. The van der Waals surface area contributed by atoms with Crippen LogP contribution in [0, 0.1) is 25.6 Å². The zero-order chi connectivity index (χ0) is 30.9. The number of benzene rings is 3. The van der Waals surface area contributed by atoms with Crippen LogP contribution in [-0.4, -0.2) is 50.5 Å². The summed E-state index contributed by atoms with van der Waals surface area (Å²) in [4.78, 5) is 29.0. The molecular formula is C33H42FN3O4S. The normalized spacial score (nSPS) is 12.2. The van der Waals surface area contributed by atoms with Crippen molar-refractivity contribution in [1.82, 2.24) is 10.2 Å². The minimum absolute atomic E-state index is 0.0286. The maximum atomic E-state index is 13.9. The Labute approximate surface area is 249 Å². The molecular weight excluding hydrogens is 553 g/mol. The molecule has 0 bridgehead atoms. The fourth-order valence-electron chi connectivity index (χ4n) is 4.75. The molecule has 3 aromatic rings. The van der Waals surface area contributed by atoms with Gasteiger partial charge in [0.05, 0.1) is 11.9 Å². The van der Waals surface area contributed by atoms with Gasteiger partial charge < -0.3 is 10.2 Å². The molecule has 0 aliphatic carbocycles. The van der Waals surface area contributed by atoms with Crippen molar-refractivity contribution in [2.75, 3.05) is 23.7 Å². The van der Waals surface area contributed by atoms with Crippen LogP contribution in [0.3, 0.4) is 0 Å². The van der Waals surface area contributed by atoms with Gasteiger partial charge in [-0.3, -0.25) is 13.9 Å². The van der Waals surface area contributed by atoms with Crippen molar-refractivity contribution in [2.45, 2.75) is 59.5 Å². The molecule has 1 N–H and O–H groups in total. The quantitative estimate of drug-likeness (QED) is 0.270. The first-order valence-electron chi connectivity index (χ1n) is 14.3. The number of amides is 2. The van der Waals surface area contributed by atoms with E-state index < -0.39 is 16.1 Å². The van der Waals surface area contributed by atoms with Crippen LogP contribution in [-0.2, 0) is 32.6 Å². The number of carbonyl (C=O) groups is 2. The number of carbonyl (C=O) groups excluding carboxylic acids is 2. The number of aryl methyl sites for hydroxylation is 1. The molecule has 0 unspecified atom stereocenters. The fraction of sp³-hybridized carbons (Fsp3) is 0.394. The summed E-state index contributed by atoms with van der Waals surface area (Å²) in [7, 11) is -3.61. The molecule has 1 atom stereocenters. The minimum atomic E-state index is -3.61. The maximum absolute atomic E-state index is 13.9. The highest BCUT2D eigenvalue weighted by Gasteiger charge is 2.30. The van der Waals surface area contributed by atoms with Crippen molar-refractivity contribution < 1.29 is 22.4 Å². The molecule has 0 saturated carbocycles. The Bertz CT molecular complexity index is 1440. The lowest BCUT2D eigenvalue weighted by Crippen LogP contribution is -2.51. The van der Waals surface area contributed by atoms with Crippen molar-refractivity contribution in [3.8, 4) is 0 Å². The third kappa shape index (κ3) is 9.41. The topological polar surface area (TPSA) is 86.8 Å². The number of nitrogens with one attached hydrogen (secondary N) is 1. The van der Waals surface area contributed by atoms with Gasteiger partial charge in [0.1, 0.15) is 11.9 Å². The van der Waals surface area contributed by atoms with Crippen LogP contribution in [0.5, 0.6) is 0 Å². The summed E-state index contributed by atoms with van der Waals surface area (Å²) in [5.41, 5.74) is 4.00. The van der Waals surface area contributed by atoms with Crippen molar-refractivity contribution in [1.29, 1.82) is 0 Å². The van der Waals surface area contributed by atoms with E-state index in [2.05, 4.69) is 5.32 Å². The molecule has 42 heavy (non-hydrogen) atoms. The highest BCUT2D eigenvalue weighted by atomic mass is 32.2. The third-order valence-corrected chi connectivity index (χ3v) is 8.40. The van der Waals surface area contributed by atoms with Gasteiger partial charge in [0.2, 0.25) is 21.8 Å². The molecule has 2 amide bonds. The van der Waals surface area contributed by atoms with Gasteiger partial charge in [0, 0.05) is 32.5 Å². The van der Waals surface area contributed by atoms with E-state index >= 15 is 0 Å². The van der Waals surface area contributed by atoms with Crippen LogP contribution in [0.15, 0.2) is 72.8 Å². The third-order valence-electron chi connectivity index (χ3n) is 7.22. The smallest absolute Gasteiger partial charge is 0.243 e. The zero-order valence-electron chi connectivity index (χ0n) is 25.1. The van der Waals surface area contributed by atoms with E-state index in [1.165, 1.54) is 16.4 Å². The largest absolute Gasteiger partial charge is 0.354 e. The number of halogens is 1. The average molecular weight is 596 g/mol. The van der Waals surface area contributed by atoms with Gasteiger partial charge in [-0.1, -0.05) is 68.4 Å². The number of hydrogen-bond acceptors (Lipinski definition) is 4. The monoisotopic (exact) mass is 595 g/mol. The standard InChI is InChI=1S/C33H42FN3O4S/c1-24(2)22-35-33(39)31(21-27-12-7-6-8-13-27)36(23-28-16-18-29(34)19-17-28)32(38)15-10-20-37(42(5,40)41)30-14-9-11-25(3)26(30)4/h6-9,11-14,16-19,24,31H,10,15,20-23H2,1-5H3,(H,35,39)/t31-/m1/s1. The number of anilines is 1. The predicted octanol–water partition coefficient (Wildman–Crippen LogP) is 5.40. The minimum Gasteiger partial charge on any atom is -0.354 e. The highest BCUT2D eigenvalue weighted by Crippen LogP contribution is 2.26. The number of nitrogens with zero attached hydrogens (tertiary/aromatic N) is 2. The van der Waals surface area contributed by atoms with Gasteiger partial charge in [-0.2, -0.15) is 0 Å². The second-order valence-corrected chi connectivity index (χ2v) is 13.1. The van der Waals surface area contributed by atoms with Crippen molar-refractivity contribution in [3.63, 3.8) is 0 Å². The molecule has 0 aromatic heterocycles. The van der Waals surface area contributed by atoms with Crippen molar-refractivity contribution in [3.05, 3.63) is 101 Å². The molecule has 0 heterocycles.